The molecule has 0 aromatic heterocycles. The number of hydrogen-bond acceptors (Lipinski definition) is 4. The fourth-order valence-electron chi connectivity index (χ4n) is 2.66. The summed E-state index contributed by atoms with van der Waals surface area (Å²) in [5, 5.41) is 13.1. The molecular formula is C17H16N2O2. The average molecular weight is 280 g/mol. The van der Waals surface area contributed by atoms with E-state index < -0.39 is 5.54 Å². The normalized spacial score (nSPS) is 20.2. The Kier molecular flexibility index (Phi) is 3.51. The Morgan fingerprint density at radius 2 is 1.95 bits per heavy atom. The van der Waals surface area contributed by atoms with Crippen molar-refractivity contribution in [3.05, 3.63) is 59.7 Å². The van der Waals surface area contributed by atoms with Crippen LogP contribution in [0.25, 0.3) is 0 Å². The zero-order valence-electron chi connectivity index (χ0n) is 11.8. The Hall–Kier alpha value is -2.51. The Labute approximate surface area is 123 Å². The van der Waals surface area contributed by atoms with Crippen LogP contribution in [0, 0.1) is 11.3 Å². The second-order valence-corrected chi connectivity index (χ2v) is 4.99. The molecule has 1 heterocycles. The summed E-state index contributed by atoms with van der Waals surface area (Å²) in [7, 11) is 1.62. The molecule has 0 bridgehead atoms. The molecule has 106 valence electrons. The third-order valence-corrected chi connectivity index (χ3v) is 3.70. The molecule has 0 saturated heterocycles. The Morgan fingerprint density at radius 1 is 1.19 bits per heavy atom. The molecular weight excluding hydrogens is 264 g/mol. The summed E-state index contributed by atoms with van der Waals surface area (Å²) in [5.41, 5.74) is 1.88. The van der Waals surface area contributed by atoms with E-state index in [0.717, 1.165) is 16.8 Å². The first-order chi connectivity index (χ1) is 10.3. The van der Waals surface area contributed by atoms with E-state index in [1.807, 2.05) is 48.5 Å². The molecule has 0 radical (unpaired) electrons. The number of methoxy groups -OCH3 is 1. The van der Waals surface area contributed by atoms with Crippen molar-refractivity contribution < 1.29 is 9.47 Å². The van der Waals surface area contributed by atoms with Crippen molar-refractivity contribution >= 4 is 5.69 Å². The van der Waals surface area contributed by atoms with Crippen LogP contribution in [-0.4, -0.2) is 13.7 Å². The van der Waals surface area contributed by atoms with E-state index in [1.54, 1.807) is 7.11 Å². The minimum atomic E-state index is -0.899. The van der Waals surface area contributed by atoms with Gasteiger partial charge in [0.25, 0.3) is 0 Å². The molecule has 1 aliphatic heterocycles. The molecule has 0 fully saturated rings. The van der Waals surface area contributed by atoms with Crippen molar-refractivity contribution in [2.45, 2.75) is 12.1 Å². The molecule has 0 amide bonds. The van der Waals surface area contributed by atoms with Crippen molar-refractivity contribution in [3.63, 3.8) is 0 Å². The van der Waals surface area contributed by atoms with E-state index in [1.165, 1.54) is 0 Å². The van der Waals surface area contributed by atoms with Crippen LogP contribution in [0.3, 0.4) is 0 Å². The van der Waals surface area contributed by atoms with Gasteiger partial charge < -0.3 is 14.8 Å². The number of nitrogens with one attached hydrogen (secondary N) is 1. The van der Waals surface area contributed by atoms with Crippen molar-refractivity contribution in [1.29, 1.82) is 5.26 Å². The summed E-state index contributed by atoms with van der Waals surface area (Å²) >= 11 is 0. The van der Waals surface area contributed by atoms with E-state index in [9.17, 15) is 5.26 Å². The van der Waals surface area contributed by atoms with Crippen LogP contribution in [0.4, 0.5) is 5.69 Å². The van der Waals surface area contributed by atoms with Crippen LogP contribution in [0.1, 0.15) is 11.1 Å². The van der Waals surface area contributed by atoms with Crippen LogP contribution in [0.2, 0.25) is 0 Å². The lowest BCUT2D eigenvalue weighted by molar-refractivity contribution is 0.0785. The fraction of sp³-hybridized carbons (Fsp3) is 0.235. The smallest absolute Gasteiger partial charge is 0.175 e. The molecule has 21 heavy (non-hydrogen) atoms. The van der Waals surface area contributed by atoms with Gasteiger partial charge in [-0.25, -0.2) is 0 Å². The largest absolute Gasteiger partial charge is 0.495 e. The third kappa shape index (κ3) is 2.32. The van der Waals surface area contributed by atoms with Crippen molar-refractivity contribution in [2.75, 3.05) is 19.0 Å². The zero-order valence-corrected chi connectivity index (χ0v) is 11.8. The maximum absolute atomic E-state index is 9.78. The zero-order chi connectivity index (χ0) is 14.7. The lowest BCUT2D eigenvalue weighted by Gasteiger charge is -2.35. The van der Waals surface area contributed by atoms with E-state index in [2.05, 4.69) is 11.4 Å². The van der Waals surface area contributed by atoms with Gasteiger partial charge in [0.15, 0.2) is 5.54 Å². The van der Waals surface area contributed by atoms with E-state index in [-0.39, 0.29) is 0 Å². The highest BCUT2D eigenvalue weighted by molar-refractivity contribution is 5.61. The summed E-state index contributed by atoms with van der Waals surface area (Å²) in [4.78, 5) is 0. The number of ether oxygens (including phenoxy) is 2. The quantitative estimate of drug-likeness (QED) is 0.938. The van der Waals surface area contributed by atoms with E-state index in [0.29, 0.717) is 19.0 Å². The number of hydrogen-bond donors (Lipinski definition) is 1. The molecule has 1 aliphatic rings. The van der Waals surface area contributed by atoms with Crippen LogP contribution < -0.4 is 10.1 Å². The van der Waals surface area contributed by atoms with Crippen LogP contribution in [-0.2, 0) is 16.9 Å². The van der Waals surface area contributed by atoms with E-state index in [4.69, 9.17) is 9.47 Å². The summed E-state index contributed by atoms with van der Waals surface area (Å²) in [6.07, 6.45) is 0. The highest BCUT2D eigenvalue weighted by Gasteiger charge is 2.38. The first-order valence-electron chi connectivity index (χ1n) is 6.78. The molecule has 1 N–H and O–H groups in total. The molecule has 3 rings (SSSR count). The second-order valence-electron chi connectivity index (χ2n) is 4.99. The van der Waals surface area contributed by atoms with Crippen LogP contribution >= 0.6 is 0 Å². The monoisotopic (exact) mass is 280 g/mol. The molecule has 1 atom stereocenters. The number of benzene rings is 2. The van der Waals surface area contributed by atoms with Gasteiger partial charge in [0, 0.05) is 0 Å². The van der Waals surface area contributed by atoms with Crippen molar-refractivity contribution in [2.24, 2.45) is 0 Å². The van der Waals surface area contributed by atoms with Crippen LogP contribution in [0.15, 0.2) is 48.5 Å². The summed E-state index contributed by atoms with van der Waals surface area (Å²) in [6, 6.07) is 17.8. The Morgan fingerprint density at radius 3 is 2.76 bits per heavy atom. The Bertz CT molecular complexity index is 693. The van der Waals surface area contributed by atoms with Gasteiger partial charge in [0.2, 0.25) is 0 Å². The minimum Gasteiger partial charge on any atom is -0.495 e. The minimum absolute atomic E-state index is 0.304. The van der Waals surface area contributed by atoms with Gasteiger partial charge in [0.05, 0.1) is 32.1 Å². The highest BCUT2D eigenvalue weighted by Crippen LogP contribution is 2.36. The molecule has 0 saturated carbocycles. The van der Waals surface area contributed by atoms with Gasteiger partial charge in [-0.3, -0.25) is 0 Å². The standard InChI is InChI=1S/C17H16N2O2/c1-20-16-9-5-4-8-15(16)19-17(11-18)12-21-10-13-6-2-3-7-14(13)17/h2-9,19H,10,12H2,1H3. The molecule has 0 spiro atoms. The van der Waals surface area contributed by atoms with Gasteiger partial charge in [0.1, 0.15) is 5.75 Å². The predicted molar refractivity (Wildman–Crippen MR) is 80.0 cm³/mol. The molecule has 2 aromatic rings. The maximum Gasteiger partial charge on any atom is 0.175 e. The number of fused-ring (bicyclic) bond motifs is 1. The van der Waals surface area contributed by atoms with Crippen molar-refractivity contribution in [3.8, 4) is 11.8 Å². The summed E-state index contributed by atoms with van der Waals surface area (Å²) < 4.78 is 11.0. The third-order valence-electron chi connectivity index (χ3n) is 3.70. The second kappa shape index (κ2) is 5.47. The highest BCUT2D eigenvalue weighted by atomic mass is 16.5. The fourth-order valence-corrected chi connectivity index (χ4v) is 2.66. The maximum atomic E-state index is 9.78. The van der Waals surface area contributed by atoms with Crippen LogP contribution in [0.5, 0.6) is 5.75 Å². The number of rotatable bonds is 3. The van der Waals surface area contributed by atoms with Gasteiger partial charge in [-0.1, -0.05) is 36.4 Å². The van der Waals surface area contributed by atoms with Gasteiger partial charge >= 0.3 is 0 Å². The number of para-hydroxylation sites is 2. The lowest BCUT2D eigenvalue weighted by atomic mass is 9.86. The van der Waals surface area contributed by atoms with Gasteiger partial charge in [-0.05, 0) is 23.3 Å². The number of nitriles is 1. The first kappa shape index (κ1) is 13.5. The van der Waals surface area contributed by atoms with E-state index >= 15 is 0 Å². The summed E-state index contributed by atoms with van der Waals surface area (Å²) in [5.74, 6) is 0.704. The number of anilines is 1. The molecule has 2 aromatic carbocycles. The van der Waals surface area contributed by atoms with Gasteiger partial charge in [-0.2, -0.15) is 5.26 Å². The predicted octanol–water partition coefficient (Wildman–Crippen LogP) is 3.06. The molecule has 0 aliphatic carbocycles. The molecule has 1 unspecified atom stereocenters. The summed E-state index contributed by atoms with van der Waals surface area (Å²) in [6.45, 7) is 0.839. The topological polar surface area (TPSA) is 54.3 Å². The van der Waals surface area contributed by atoms with Gasteiger partial charge in [-0.15, -0.1) is 0 Å². The molecule has 4 nitrogen and oxygen atoms in total. The lowest BCUT2D eigenvalue weighted by Crippen LogP contribution is -2.42. The number of nitrogens with zero attached hydrogens (tertiary/aromatic N) is 1. The Balaban J connectivity index is 2.05. The van der Waals surface area contributed by atoms with Crippen molar-refractivity contribution in [1.82, 2.24) is 0 Å². The average Bonchev–Trinajstić information content (AvgIpc) is 2.55. The molecule has 4 heteroatoms. The SMILES string of the molecule is COc1ccccc1NC1(C#N)COCc2ccccc21. The first-order valence-corrected chi connectivity index (χ1v) is 6.78.